The molecule has 0 fully saturated rings. The van der Waals surface area contributed by atoms with Gasteiger partial charge in [0.15, 0.2) is 0 Å². The molecule has 0 rings (SSSR count). The molecule has 0 spiro atoms. The van der Waals surface area contributed by atoms with Gasteiger partial charge in [-0.1, -0.05) is 0 Å². The Kier molecular flexibility index (Phi) is 172. The molecule has 0 aromatic rings. The first-order chi connectivity index (χ1) is 1.00. The quantitative estimate of drug-likeness (QED) is 0.530. The van der Waals surface area contributed by atoms with Gasteiger partial charge in [-0.2, -0.15) is 0 Å². The van der Waals surface area contributed by atoms with Crippen LogP contribution in [0.25, 0.3) is 0 Å². The van der Waals surface area contributed by atoms with Gasteiger partial charge in [0.25, 0.3) is 0 Å². The molecule has 0 unspecified atom stereocenters. The molecule has 0 heterocycles. The molecule has 0 bridgehead atoms. The summed E-state index contributed by atoms with van der Waals surface area (Å²) in [4.78, 5) is 0. The zero-order valence-electron chi connectivity index (χ0n) is 1.60. The van der Waals surface area contributed by atoms with Crippen molar-refractivity contribution in [2.75, 3.05) is 0 Å². The normalized spacial score (nSPS) is 1.25. The summed E-state index contributed by atoms with van der Waals surface area (Å²) in [7, 11) is 0. The average Bonchev–Trinajstić information content (AvgIpc) is 1.00. The summed E-state index contributed by atoms with van der Waals surface area (Å²) in [6, 6.07) is 0. The molecule has 0 saturated heterocycles. The standard InChI is InChI=1S/Ir.H2O.O.Ru/h;1H2;;. The summed E-state index contributed by atoms with van der Waals surface area (Å²) in [5.74, 6) is 0. The van der Waals surface area contributed by atoms with Gasteiger partial charge >= 0.3 is 21.8 Å². The summed E-state index contributed by atoms with van der Waals surface area (Å²) >= 11 is 1.10. The van der Waals surface area contributed by atoms with Crippen molar-refractivity contribution < 1.29 is 47.4 Å². The molecule has 0 aliphatic heterocycles. The zero-order valence-corrected chi connectivity index (χ0v) is 5.73. The monoisotopic (exact) mass is 329 g/mol. The van der Waals surface area contributed by atoms with E-state index in [1.54, 1.807) is 0 Å². The molecule has 31 valence electrons. The van der Waals surface area contributed by atoms with E-state index in [1.165, 1.54) is 0 Å². The van der Waals surface area contributed by atoms with Crippen LogP contribution in [0.1, 0.15) is 0 Å². The number of hydrogen-bond donors (Lipinski definition) is 0. The van der Waals surface area contributed by atoms with E-state index in [0.717, 1.165) is 18.3 Å². The third-order valence-electron chi connectivity index (χ3n) is 0. The van der Waals surface area contributed by atoms with Crippen molar-refractivity contribution in [2.45, 2.75) is 0 Å². The van der Waals surface area contributed by atoms with Crippen LogP contribution in [0.15, 0.2) is 0 Å². The van der Waals surface area contributed by atoms with Crippen LogP contribution >= 0.6 is 0 Å². The van der Waals surface area contributed by atoms with Crippen LogP contribution in [0, 0.1) is 0 Å². The summed E-state index contributed by atoms with van der Waals surface area (Å²) in [5.41, 5.74) is 0. The van der Waals surface area contributed by atoms with Gasteiger partial charge in [-0.25, -0.2) is 0 Å². The average molecular weight is 327 g/mol. The van der Waals surface area contributed by atoms with Crippen LogP contribution in [0.3, 0.4) is 0 Å². The Balaban J connectivity index is -0.00000000500. The van der Waals surface area contributed by atoms with Crippen LogP contribution in [0.5, 0.6) is 0 Å². The molecule has 0 saturated carbocycles. The minimum atomic E-state index is 0. The predicted octanol–water partition coefficient (Wildman–Crippen LogP) is -0.949. The Morgan fingerprint density at radius 3 is 1.25 bits per heavy atom. The van der Waals surface area contributed by atoms with Crippen molar-refractivity contribution >= 4 is 0 Å². The molecular weight excluding hydrogens is 325 g/mol. The predicted molar refractivity (Wildman–Crippen MR) is 4.30 cm³/mol. The second-order valence-corrected chi connectivity index (χ2v) is 0. The van der Waals surface area contributed by atoms with E-state index in [0.29, 0.717) is 0 Å². The van der Waals surface area contributed by atoms with Gasteiger partial charge in [-0.15, -0.1) is 0 Å². The summed E-state index contributed by atoms with van der Waals surface area (Å²) in [6.07, 6.45) is 0. The van der Waals surface area contributed by atoms with Crippen LogP contribution < -0.4 is 0 Å². The molecule has 4 heavy (non-hydrogen) atoms. The molecule has 0 atom stereocenters. The molecular formula is H2IrO2Ru. The van der Waals surface area contributed by atoms with E-state index < -0.39 is 0 Å². The van der Waals surface area contributed by atoms with Crippen molar-refractivity contribution in [3.63, 3.8) is 0 Å². The molecule has 0 amide bonds. The fourth-order valence-electron chi connectivity index (χ4n) is 0. The third-order valence-corrected chi connectivity index (χ3v) is 0. The fourth-order valence-corrected chi connectivity index (χ4v) is 0. The van der Waals surface area contributed by atoms with Crippen molar-refractivity contribution in [1.82, 2.24) is 0 Å². The molecule has 0 aliphatic carbocycles. The fraction of sp³-hybridized carbons (Fsp3) is 0. The van der Waals surface area contributed by atoms with E-state index in [-0.39, 0.29) is 25.6 Å². The van der Waals surface area contributed by atoms with E-state index in [4.69, 9.17) is 3.57 Å². The molecule has 1 radical (unpaired) electrons. The van der Waals surface area contributed by atoms with Gasteiger partial charge in [0.05, 0.1) is 0 Å². The van der Waals surface area contributed by atoms with E-state index >= 15 is 0 Å². The second kappa shape index (κ2) is 34.8. The van der Waals surface area contributed by atoms with Gasteiger partial charge < -0.3 is 5.48 Å². The SMILES string of the molecule is O.[Ir].[O]=[Ru]. The molecule has 2 N–H and O–H groups in total. The first-order valence-electron chi connectivity index (χ1n) is 0.144. The molecule has 2 nitrogen and oxygen atoms in total. The second-order valence-electron chi connectivity index (χ2n) is 0. The van der Waals surface area contributed by atoms with Crippen LogP contribution in [-0.4, -0.2) is 5.48 Å². The number of rotatable bonds is 0. The Labute approximate surface area is 47.6 Å². The van der Waals surface area contributed by atoms with Gasteiger partial charge in [0.1, 0.15) is 0 Å². The van der Waals surface area contributed by atoms with Crippen molar-refractivity contribution in [3.8, 4) is 0 Å². The Morgan fingerprint density at radius 2 is 1.25 bits per heavy atom. The third kappa shape index (κ3) is 11.7. The van der Waals surface area contributed by atoms with Crippen molar-refractivity contribution in [1.29, 1.82) is 0 Å². The topological polar surface area (TPSA) is 48.6 Å². The van der Waals surface area contributed by atoms with Crippen molar-refractivity contribution in [2.24, 2.45) is 0 Å². The number of hydrogen-bond acceptors (Lipinski definition) is 1. The van der Waals surface area contributed by atoms with E-state index in [2.05, 4.69) is 0 Å². The molecule has 0 aromatic carbocycles. The van der Waals surface area contributed by atoms with Crippen LogP contribution in [-0.2, 0) is 41.9 Å². The molecule has 0 aromatic heterocycles. The Hall–Kier alpha value is 1.03. The van der Waals surface area contributed by atoms with Crippen LogP contribution in [0.2, 0.25) is 0 Å². The maximum atomic E-state index is 8.18. The summed E-state index contributed by atoms with van der Waals surface area (Å²) in [5, 5.41) is 0. The Morgan fingerprint density at radius 1 is 1.25 bits per heavy atom. The first kappa shape index (κ1) is 19.8. The van der Waals surface area contributed by atoms with Crippen molar-refractivity contribution in [3.05, 3.63) is 0 Å². The van der Waals surface area contributed by atoms with Gasteiger partial charge in [0.2, 0.25) is 0 Å². The maximum absolute atomic E-state index is 8.18. The zero-order chi connectivity index (χ0) is 2.00. The molecule has 4 heteroatoms. The van der Waals surface area contributed by atoms with E-state index in [1.807, 2.05) is 0 Å². The van der Waals surface area contributed by atoms with E-state index in [9.17, 15) is 0 Å². The van der Waals surface area contributed by atoms with Gasteiger partial charge in [-0.3, -0.25) is 0 Å². The molecule has 0 aliphatic rings. The Bertz CT molecular complexity index is 6.00. The first-order valence-corrected chi connectivity index (χ1v) is 0.854. The van der Waals surface area contributed by atoms with Crippen LogP contribution in [0.4, 0.5) is 0 Å². The minimum absolute atomic E-state index is 0. The van der Waals surface area contributed by atoms with Gasteiger partial charge in [0, 0.05) is 20.1 Å². The van der Waals surface area contributed by atoms with Gasteiger partial charge in [-0.05, 0) is 0 Å². The summed E-state index contributed by atoms with van der Waals surface area (Å²) < 4.78 is 8.18. The summed E-state index contributed by atoms with van der Waals surface area (Å²) in [6.45, 7) is 0.